The first-order valence-electron chi connectivity index (χ1n) is 5.58. The van der Waals surface area contributed by atoms with Crippen molar-refractivity contribution in [1.82, 2.24) is 20.6 Å². The summed E-state index contributed by atoms with van der Waals surface area (Å²) < 4.78 is 13.4. The zero-order valence-electron chi connectivity index (χ0n) is 10.7. The molecular weight excluding hydrogens is 281 g/mol. The molecule has 2 N–H and O–H groups in total. The molecule has 0 aliphatic carbocycles. The van der Waals surface area contributed by atoms with E-state index in [1.54, 1.807) is 0 Å². The zero-order valence-corrected chi connectivity index (χ0v) is 10.7. The summed E-state index contributed by atoms with van der Waals surface area (Å²) in [5, 5.41) is 35.2. The number of nitrogens with zero attached hydrogens (tertiary/aromatic N) is 5. The van der Waals surface area contributed by atoms with Crippen LogP contribution in [0.15, 0.2) is 18.3 Å². The van der Waals surface area contributed by atoms with Crippen LogP contribution in [0.25, 0.3) is 5.57 Å². The van der Waals surface area contributed by atoms with E-state index in [-0.39, 0.29) is 22.6 Å². The van der Waals surface area contributed by atoms with E-state index in [1.165, 1.54) is 19.2 Å². The number of rotatable bonds is 4. The summed E-state index contributed by atoms with van der Waals surface area (Å²) in [6.45, 7) is 1.47. The van der Waals surface area contributed by atoms with Gasteiger partial charge in [0.15, 0.2) is 0 Å². The highest BCUT2D eigenvalue weighted by atomic mass is 19.1. The van der Waals surface area contributed by atoms with Gasteiger partial charge in [-0.15, -0.1) is 10.2 Å². The number of nitro benzene ring substituents is 1. The Hall–Kier alpha value is -3.35. The van der Waals surface area contributed by atoms with Crippen LogP contribution in [0.5, 0.6) is 0 Å². The number of H-pyrrole nitrogens is 1. The number of anilines is 1. The summed E-state index contributed by atoms with van der Waals surface area (Å²) in [6, 6.07) is 3.90. The lowest BCUT2D eigenvalue weighted by Crippen LogP contribution is -2.00. The van der Waals surface area contributed by atoms with Crippen molar-refractivity contribution in [2.24, 2.45) is 0 Å². The van der Waals surface area contributed by atoms with Crippen molar-refractivity contribution >= 4 is 16.9 Å². The minimum Gasteiger partial charge on any atom is -0.355 e. The number of hydrogen-bond acceptors (Lipinski definition) is 7. The van der Waals surface area contributed by atoms with Gasteiger partial charge in [0.1, 0.15) is 23.1 Å². The number of halogens is 1. The van der Waals surface area contributed by atoms with Crippen molar-refractivity contribution in [2.45, 2.75) is 6.92 Å². The summed E-state index contributed by atoms with van der Waals surface area (Å²) in [7, 11) is 0. The van der Waals surface area contributed by atoms with Gasteiger partial charge in [0.05, 0.1) is 11.0 Å². The van der Waals surface area contributed by atoms with E-state index in [9.17, 15) is 14.5 Å². The number of aromatic nitrogens is 4. The monoisotopic (exact) mass is 289 g/mol. The number of nitrogens with one attached hydrogen (secondary N) is 2. The predicted octanol–water partition coefficient (Wildman–Crippen LogP) is 1.53. The summed E-state index contributed by atoms with van der Waals surface area (Å²) in [4.78, 5) is 10.2. The molecule has 21 heavy (non-hydrogen) atoms. The lowest BCUT2D eigenvalue weighted by atomic mass is 10.1. The normalized spacial score (nSPS) is 11.0. The van der Waals surface area contributed by atoms with Crippen LogP contribution >= 0.6 is 0 Å². The molecule has 0 unspecified atom stereocenters. The number of benzene rings is 1. The van der Waals surface area contributed by atoms with Crippen LogP contribution in [-0.2, 0) is 0 Å². The van der Waals surface area contributed by atoms with Crippen LogP contribution in [-0.4, -0.2) is 25.5 Å². The topological polar surface area (TPSA) is 133 Å². The van der Waals surface area contributed by atoms with Crippen LogP contribution in [0.3, 0.4) is 0 Å². The van der Waals surface area contributed by atoms with Crippen LogP contribution in [0.2, 0.25) is 0 Å². The van der Waals surface area contributed by atoms with Crippen LogP contribution in [0, 0.1) is 34.2 Å². The fraction of sp³-hybridized carbons (Fsp3) is 0.0909. The molecule has 0 saturated carbocycles. The Morgan fingerprint density at radius 1 is 1.62 bits per heavy atom. The van der Waals surface area contributed by atoms with Crippen LogP contribution in [0.1, 0.15) is 11.4 Å². The Labute approximate surface area is 117 Å². The van der Waals surface area contributed by atoms with Gasteiger partial charge in [-0.3, -0.25) is 10.1 Å². The molecule has 0 spiro atoms. The van der Waals surface area contributed by atoms with E-state index >= 15 is 0 Å². The molecule has 9 nitrogen and oxygen atoms in total. The highest BCUT2D eigenvalue weighted by Crippen LogP contribution is 2.27. The van der Waals surface area contributed by atoms with E-state index in [0.717, 1.165) is 6.07 Å². The SMILES string of the molecule is Cc1cc(NC=C(C#N)c2nn[nH]n2)c([N+](=O)[O-])cc1F. The molecule has 106 valence electrons. The Morgan fingerprint density at radius 2 is 2.38 bits per heavy atom. The highest BCUT2D eigenvalue weighted by Gasteiger charge is 2.17. The molecule has 0 atom stereocenters. The number of nitro groups is 1. The molecule has 1 heterocycles. The van der Waals surface area contributed by atoms with Crippen molar-refractivity contribution in [3.63, 3.8) is 0 Å². The standard InChI is InChI=1S/C11H8FN7O2/c1-6-2-9(10(19(20)21)3-8(6)12)14-5-7(4-13)11-15-17-18-16-11/h2-3,5,14H,1H3,(H,15,16,17,18). The van der Waals surface area contributed by atoms with Gasteiger partial charge in [-0.2, -0.15) is 10.5 Å². The summed E-state index contributed by atoms with van der Waals surface area (Å²) in [6.07, 6.45) is 1.19. The minimum absolute atomic E-state index is 0.0139. The molecule has 0 saturated heterocycles. The smallest absolute Gasteiger partial charge is 0.295 e. The maximum atomic E-state index is 13.4. The molecule has 0 bridgehead atoms. The Bertz CT molecular complexity index is 749. The number of allylic oxidation sites excluding steroid dienone is 1. The van der Waals surface area contributed by atoms with E-state index in [1.807, 2.05) is 6.07 Å². The first-order valence-corrected chi connectivity index (χ1v) is 5.58. The number of aromatic amines is 1. The van der Waals surface area contributed by atoms with Gasteiger partial charge in [-0.1, -0.05) is 0 Å². The number of aryl methyl sites for hydroxylation is 1. The third-order valence-electron chi connectivity index (χ3n) is 2.55. The molecule has 1 aromatic carbocycles. The van der Waals surface area contributed by atoms with Gasteiger partial charge < -0.3 is 5.32 Å². The lowest BCUT2D eigenvalue weighted by Gasteiger charge is -2.05. The molecule has 1 aromatic heterocycles. The molecule has 0 amide bonds. The van der Waals surface area contributed by atoms with Crippen LogP contribution < -0.4 is 5.32 Å². The second kappa shape index (κ2) is 5.74. The number of hydrogen-bond donors (Lipinski definition) is 2. The average Bonchev–Trinajstić information content (AvgIpc) is 2.96. The van der Waals surface area contributed by atoms with Gasteiger partial charge in [-0.25, -0.2) is 4.39 Å². The maximum Gasteiger partial charge on any atom is 0.295 e. The average molecular weight is 289 g/mol. The zero-order chi connectivity index (χ0) is 15.4. The van der Waals surface area contributed by atoms with Crippen molar-refractivity contribution < 1.29 is 9.31 Å². The second-order valence-electron chi connectivity index (χ2n) is 3.93. The summed E-state index contributed by atoms with van der Waals surface area (Å²) >= 11 is 0. The Balaban J connectivity index is 2.38. The summed E-state index contributed by atoms with van der Waals surface area (Å²) in [5.74, 6) is -0.651. The van der Waals surface area contributed by atoms with Crippen molar-refractivity contribution in [2.75, 3.05) is 5.32 Å². The van der Waals surface area contributed by atoms with Crippen molar-refractivity contribution in [1.29, 1.82) is 5.26 Å². The van der Waals surface area contributed by atoms with Gasteiger partial charge in [0.25, 0.3) is 5.69 Å². The largest absolute Gasteiger partial charge is 0.355 e. The third-order valence-corrected chi connectivity index (χ3v) is 2.55. The minimum atomic E-state index is -0.723. The maximum absolute atomic E-state index is 13.4. The molecular formula is C11H8FN7O2. The Kier molecular flexibility index (Phi) is 3.85. The van der Waals surface area contributed by atoms with E-state index in [2.05, 4.69) is 25.9 Å². The van der Waals surface area contributed by atoms with Crippen molar-refractivity contribution in [3.8, 4) is 6.07 Å². The molecule has 0 aliphatic rings. The van der Waals surface area contributed by atoms with Gasteiger partial charge in [0.2, 0.25) is 5.82 Å². The summed E-state index contributed by atoms with van der Waals surface area (Å²) in [5.41, 5.74) is -0.149. The molecule has 0 fully saturated rings. The fourth-order valence-electron chi connectivity index (χ4n) is 1.51. The molecule has 2 aromatic rings. The van der Waals surface area contributed by atoms with Gasteiger partial charge in [0, 0.05) is 6.20 Å². The lowest BCUT2D eigenvalue weighted by molar-refractivity contribution is -0.384. The first-order chi connectivity index (χ1) is 10.0. The van der Waals surface area contributed by atoms with Gasteiger partial charge in [-0.05, 0) is 23.8 Å². The number of nitriles is 1. The van der Waals surface area contributed by atoms with Crippen molar-refractivity contribution in [3.05, 3.63) is 45.7 Å². The van der Waals surface area contributed by atoms with E-state index in [0.29, 0.717) is 0 Å². The highest BCUT2D eigenvalue weighted by molar-refractivity contribution is 5.75. The number of tetrazole rings is 1. The quantitative estimate of drug-likeness (QED) is 0.495. The molecule has 0 radical (unpaired) electrons. The third kappa shape index (κ3) is 2.98. The predicted molar refractivity (Wildman–Crippen MR) is 69.2 cm³/mol. The molecule has 2 rings (SSSR count). The molecule has 10 heteroatoms. The Morgan fingerprint density at radius 3 is 2.95 bits per heavy atom. The van der Waals surface area contributed by atoms with E-state index in [4.69, 9.17) is 5.26 Å². The molecule has 0 aliphatic heterocycles. The fourth-order valence-corrected chi connectivity index (χ4v) is 1.51. The van der Waals surface area contributed by atoms with Crippen LogP contribution in [0.4, 0.5) is 15.8 Å². The van der Waals surface area contributed by atoms with Gasteiger partial charge >= 0.3 is 0 Å². The second-order valence-corrected chi connectivity index (χ2v) is 3.93. The first kappa shape index (κ1) is 14.1. The van der Waals surface area contributed by atoms with E-state index < -0.39 is 16.4 Å².